The third kappa shape index (κ3) is 10.8. The second-order valence-corrected chi connectivity index (χ2v) is 6.52. The van der Waals surface area contributed by atoms with Crippen LogP contribution >= 0.6 is 0 Å². The van der Waals surface area contributed by atoms with Crippen molar-refractivity contribution in [2.24, 2.45) is 11.8 Å². The molecule has 0 N–H and O–H groups in total. The molecule has 0 aliphatic carbocycles. The van der Waals surface area contributed by atoms with Crippen LogP contribution in [0.5, 0.6) is 0 Å². The van der Waals surface area contributed by atoms with E-state index in [1.165, 1.54) is 38.6 Å². The molecule has 0 heterocycles. The van der Waals surface area contributed by atoms with Crippen LogP contribution in [0.15, 0.2) is 12.2 Å². The highest BCUT2D eigenvalue weighted by Crippen LogP contribution is 2.10. The SMILES string of the molecule is CC(C)CCCC/C=C/CC(C)CN(C)C(C)C. The number of unbranched alkanes of at least 4 members (excludes halogenated alkanes) is 2. The summed E-state index contributed by atoms with van der Waals surface area (Å²) in [5.74, 6) is 1.63. The van der Waals surface area contributed by atoms with Gasteiger partial charge in [-0.05, 0) is 52.0 Å². The molecule has 0 bridgehead atoms. The molecular formula is C17H35N. The first kappa shape index (κ1) is 17.7. The van der Waals surface area contributed by atoms with Crippen LogP contribution in [0, 0.1) is 11.8 Å². The highest BCUT2D eigenvalue weighted by molar-refractivity contribution is 4.84. The van der Waals surface area contributed by atoms with E-state index in [-0.39, 0.29) is 0 Å². The lowest BCUT2D eigenvalue weighted by Gasteiger charge is -2.24. The van der Waals surface area contributed by atoms with Gasteiger partial charge in [-0.15, -0.1) is 0 Å². The van der Waals surface area contributed by atoms with E-state index in [2.05, 4.69) is 58.7 Å². The van der Waals surface area contributed by atoms with Gasteiger partial charge in [-0.2, -0.15) is 0 Å². The molecule has 0 amide bonds. The molecule has 1 unspecified atom stereocenters. The summed E-state index contributed by atoms with van der Waals surface area (Å²) in [5.41, 5.74) is 0. The van der Waals surface area contributed by atoms with E-state index >= 15 is 0 Å². The molecule has 0 saturated carbocycles. The zero-order valence-corrected chi connectivity index (χ0v) is 13.6. The molecule has 0 aromatic rings. The minimum absolute atomic E-state index is 0.660. The summed E-state index contributed by atoms with van der Waals surface area (Å²) < 4.78 is 0. The highest BCUT2D eigenvalue weighted by atomic mass is 15.1. The molecular weight excluding hydrogens is 218 g/mol. The van der Waals surface area contributed by atoms with Gasteiger partial charge in [0, 0.05) is 12.6 Å². The first-order valence-corrected chi connectivity index (χ1v) is 7.78. The van der Waals surface area contributed by atoms with Gasteiger partial charge in [0.15, 0.2) is 0 Å². The summed E-state index contributed by atoms with van der Waals surface area (Å²) in [5, 5.41) is 0. The molecule has 108 valence electrons. The fourth-order valence-corrected chi connectivity index (χ4v) is 2.04. The number of rotatable bonds is 10. The van der Waals surface area contributed by atoms with Gasteiger partial charge in [-0.25, -0.2) is 0 Å². The second kappa shape index (κ2) is 10.6. The average Bonchev–Trinajstić information content (AvgIpc) is 2.27. The van der Waals surface area contributed by atoms with Crippen LogP contribution in [0.2, 0.25) is 0 Å². The lowest BCUT2D eigenvalue weighted by molar-refractivity contribution is 0.238. The molecule has 0 spiro atoms. The van der Waals surface area contributed by atoms with Crippen LogP contribution in [0.3, 0.4) is 0 Å². The third-order valence-corrected chi connectivity index (χ3v) is 3.59. The fourth-order valence-electron chi connectivity index (χ4n) is 2.04. The molecule has 0 aliphatic rings. The lowest BCUT2D eigenvalue weighted by Crippen LogP contribution is -2.30. The predicted molar refractivity (Wildman–Crippen MR) is 84.0 cm³/mol. The van der Waals surface area contributed by atoms with Crippen molar-refractivity contribution >= 4 is 0 Å². The Kier molecular flexibility index (Phi) is 10.4. The molecule has 1 heteroatoms. The van der Waals surface area contributed by atoms with Gasteiger partial charge < -0.3 is 4.90 Å². The van der Waals surface area contributed by atoms with Crippen LogP contribution < -0.4 is 0 Å². The zero-order chi connectivity index (χ0) is 14.0. The number of hydrogen-bond acceptors (Lipinski definition) is 1. The topological polar surface area (TPSA) is 3.24 Å². The summed E-state index contributed by atoms with van der Waals surface area (Å²) >= 11 is 0. The monoisotopic (exact) mass is 253 g/mol. The minimum Gasteiger partial charge on any atom is -0.304 e. The zero-order valence-electron chi connectivity index (χ0n) is 13.6. The Labute approximate surface area is 116 Å². The molecule has 0 aromatic heterocycles. The largest absolute Gasteiger partial charge is 0.304 e. The van der Waals surface area contributed by atoms with Crippen LogP contribution in [0.4, 0.5) is 0 Å². The van der Waals surface area contributed by atoms with Gasteiger partial charge in [0.25, 0.3) is 0 Å². The van der Waals surface area contributed by atoms with E-state index in [4.69, 9.17) is 0 Å². The van der Waals surface area contributed by atoms with Crippen molar-refractivity contribution in [3.05, 3.63) is 12.2 Å². The molecule has 0 aliphatic heterocycles. The van der Waals surface area contributed by atoms with Gasteiger partial charge >= 0.3 is 0 Å². The molecule has 0 aromatic carbocycles. The highest BCUT2D eigenvalue weighted by Gasteiger charge is 2.07. The number of allylic oxidation sites excluding steroid dienone is 2. The minimum atomic E-state index is 0.660. The lowest BCUT2D eigenvalue weighted by atomic mass is 10.0. The average molecular weight is 253 g/mol. The Morgan fingerprint density at radius 2 is 1.61 bits per heavy atom. The predicted octanol–water partition coefficient (Wildman–Crippen LogP) is 5.13. The van der Waals surface area contributed by atoms with Crippen LogP contribution in [-0.4, -0.2) is 24.5 Å². The van der Waals surface area contributed by atoms with E-state index in [9.17, 15) is 0 Å². The first-order chi connectivity index (χ1) is 8.43. The Hall–Kier alpha value is -0.300. The van der Waals surface area contributed by atoms with Crippen molar-refractivity contribution in [3.63, 3.8) is 0 Å². The molecule has 0 fully saturated rings. The van der Waals surface area contributed by atoms with Crippen LogP contribution in [0.1, 0.15) is 66.7 Å². The van der Waals surface area contributed by atoms with Gasteiger partial charge in [0.2, 0.25) is 0 Å². The quantitative estimate of drug-likeness (QED) is 0.385. The van der Waals surface area contributed by atoms with Crippen molar-refractivity contribution in [2.75, 3.05) is 13.6 Å². The van der Waals surface area contributed by atoms with Gasteiger partial charge in [-0.3, -0.25) is 0 Å². The molecule has 18 heavy (non-hydrogen) atoms. The Morgan fingerprint density at radius 1 is 0.944 bits per heavy atom. The molecule has 0 rings (SSSR count). The Bertz CT molecular complexity index is 206. The molecule has 1 nitrogen and oxygen atoms in total. The van der Waals surface area contributed by atoms with E-state index in [1.807, 2.05) is 0 Å². The van der Waals surface area contributed by atoms with E-state index in [0.717, 1.165) is 11.8 Å². The van der Waals surface area contributed by atoms with Crippen LogP contribution in [0.25, 0.3) is 0 Å². The Balaban J connectivity index is 3.51. The van der Waals surface area contributed by atoms with Gasteiger partial charge in [-0.1, -0.05) is 45.8 Å². The van der Waals surface area contributed by atoms with E-state index < -0.39 is 0 Å². The van der Waals surface area contributed by atoms with Crippen molar-refractivity contribution in [2.45, 2.75) is 72.8 Å². The summed E-state index contributed by atoms with van der Waals surface area (Å²) in [4.78, 5) is 2.43. The van der Waals surface area contributed by atoms with E-state index in [1.54, 1.807) is 0 Å². The van der Waals surface area contributed by atoms with Crippen molar-refractivity contribution < 1.29 is 0 Å². The fraction of sp³-hybridized carbons (Fsp3) is 0.882. The smallest absolute Gasteiger partial charge is 0.00356 e. The Morgan fingerprint density at radius 3 is 2.17 bits per heavy atom. The van der Waals surface area contributed by atoms with Crippen molar-refractivity contribution in [1.29, 1.82) is 0 Å². The van der Waals surface area contributed by atoms with Crippen molar-refractivity contribution in [3.8, 4) is 0 Å². The summed E-state index contributed by atoms with van der Waals surface area (Å²) in [6.07, 6.45) is 11.4. The maximum atomic E-state index is 2.43. The third-order valence-electron chi connectivity index (χ3n) is 3.59. The normalized spacial score (nSPS) is 14.3. The first-order valence-electron chi connectivity index (χ1n) is 7.78. The van der Waals surface area contributed by atoms with Crippen LogP contribution in [-0.2, 0) is 0 Å². The molecule has 0 radical (unpaired) electrons. The molecule has 0 saturated heterocycles. The molecule has 1 atom stereocenters. The van der Waals surface area contributed by atoms with Gasteiger partial charge in [0.05, 0.1) is 0 Å². The standard InChI is InChI=1S/C17H35N/c1-15(2)12-10-8-7-9-11-13-17(5)14-18(6)16(3)4/h9,11,15-17H,7-8,10,12-14H2,1-6H3/b11-9+. The van der Waals surface area contributed by atoms with E-state index in [0.29, 0.717) is 6.04 Å². The number of hydrogen-bond donors (Lipinski definition) is 0. The maximum Gasteiger partial charge on any atom is 0.00356 e. The van der Waals surface area contributed by atoms with Crippen molar-refractivity contribution in [1.82, 2.24) is 4.90 Å². The number of nitrogens with zero attached hydrogens (tertiary/aromatic N) is 1. The summed E-state index contributed by atoms with van der Waals surface area (Å²) in [6, 6.07) is 0.660. The summed E-state index contributed by atoms with van der Waals surface area (Å²) in [7, 11) is 2.22. The summed E-state index contributed by atoms with van der Waals surface area (Å²) in [6.45, 7) is 12.7. The van der Waals surface area contributed by atoms with Gasteiger partial charge in [0.1, 0.15) is 0 Å². The maximum absolute atomic E-state index is 2.43. The second-order valence-electron chi connectivity index (χ2n) is 6.52.